The van der Waals surface area contributed by atoms with Crippen molar-refractivity contribution in [1.29, 1.82) is 0 Å². The minimum atomic E-state index is -0.948. The van der Waals surface area contributed by atoms with Gasteiger partial charge in [0.25, 0.3) is 0 Å². The molecule has 5 N–H and O–H groups in total. The molecule has 1 heterocycles. The summed E-state index contributed by atoms with van der Waals surface area (Å²) in [5.41, 5.74) is 0.0232. The largest absolute Gasteiger partial charge is 0.454 e. The van der Waals surface area contributed by atoms with Crippen LogP contribution >= 0.6 is 0 Å². The van der Waals surface area contributed by atoms with Crippen molar-refractivity contribution in [3.8, 4) is 11.5 Å². The number of nitrogens with two attached hydrogens (primary N) is 1. The van der Waals surface area contributed by atoms with Gasteiger partial charge in [-0.15, -0.1) is 0 Å². The van der Waals surface area contributed by atoms with Crippen LogP contribution in [0, 0.1) is 0 Å². The Morgan fingerprint density at radius 2 is 1.72 bits per heavy atom. The number of quaternary nitrogens is 1. The zero-order valence-electron chi connectivity index (χ0n) is 10.0. The Kier molecular flexibility index (Phi) is 4.03. The number of hydrogen-bond acceptors (Lipinski definition) is 5. The second-order valence-electron chi connectivity index (χ2n) is 4.43. The van der Waals surface area contributed by atoms with Crippen LogP contribution in [0.2, 0.25) is 0 Å². The quantitative estimate of drug-likeness (QED) is 0.481. The molecule has 6 heteroatoms. The standard InChI is InChI=1S/C12H17NO5/c14-5-12(6-15,7-16)13-4-9-1-2-10-11(3-9)18-8-17-10/h1-3,13-16H,4-8H2/p+1. The summed E-state index contributed by atoms with van der Waals surface area (Å²) in [5.74, 6) is 1.42. The van der Waals surface area contributed by atoms with Crippen LogP contribution in [0.5, 0.6) is 11.5 Å². The van der Waals surface area contributed by atoms with Gasteiger partial charge in [0.1, 0.15) is 26.4 Å². The summed E-state index contributed by atoms with van der Waals surface area (Å²) in [6.45, 7) is -0.103. The number of aliphatic hydroxyl groups is 3. The van der Waals surface area contributed by atoms with Crippen LogP contribution in [0.15, 0.2) is 18.2 Å². The van der Waals surface area contributed by atoms with Crippen LogP contribution in [0.4, 0.5) is 0 Å². The Morgan fingerprint density at radius 1 is 1.06 bits per heavy atom. The molecule has 0 saturated heterocycles. The van der Waals surface area contributed by atoms with Crippen molar-refractivity contribution >= 4 is 0 Å². The Hall–Kier alpha value is -1.34. The summed E-state index contributed by atoms with van der Waals surface area (Å²) in [7, 11) is 0. The number of rotatable bonds is 6. The van der Waals surface area contributed by atoms with Crippen LogP contribution in [0.25, 0.3) is 0 Å². The number of ether oxygens (including phenoxy) is 2. The molecule has 1 aliphatic heterocycles. The van der Waals surface area contributed by atoms with E-state index in [2.05, 4.69) is 0 Å². The molecule has 0 radical (unpaired) electrons. The highest BCUT2D eigenvalue weighted by Crippen LogP contribution is 2.32. The van der Waals surface area contributed by atoms with Crippen molar-refractivity contribution in [1.82, 2.24) is 0 Å². The van der Waals surface area contributed by atoms with Gasteiger partial charge in [-0.2, -0.15) is 0 Å². The molecule has 0 atom stereocenters. The molecule has 6 nitrogen and oxygen atoms in total. The summed E-state index contributed by atoms with van der Waals surface area (Å²) in [6.07, 6.45) is 0. The van der Waals surface area contributed by atoms with Crippen LogP contribution in [-0.4, -0.2) is 47.5 Å². The van der Waals surface area contributed by atoms with Crippen molar-refractivity contribution in [2.75, 3.05) is 26.6 Å². The molecule has 100 valence electrons. The van der Waals surface area contributed by atoms with E-state index in [1.807, 2.05) is 18.2 Å². The lowest BCUT2D eigenvalue weighted by molar-refractivity contribution is -0.746. The van der Waals surface area contributed by atoms with E-state index in [1.54, 1.807) is 5.32 Å². The molecular formula is C12H18NO5+. The highest BCUT2D eigenvalue weighted by atomic mass is 16.7. The van der Waals surface area contributed by atoms with E-state index in [0.29, 0.717) is 12.3 Å². The number of benzene rings is 1. The van der Waals surface area contributed by atoms with Gasteiger partial charge in [-0.25, -0.2) is 0 Å². The maximum atomic E-state index is 9.21. The van der Waals surface area contributed by atoms with E-state index in [1.165, 1.54) is 0 Å². The fraction of sp³-hybridized carbons (Fsp3) is 0.500. The predicted molar refractivity (Wildman–Crippen MR) is 62.2 cm³/mol. The van der Waals surface area contributed by atoms with Gasteiger partial charge in [0.15, 0.2) is 17.0 Å². The van der Waals surface area contributed by atoms with E-state index < -0.39 is 5.54 Å². The number of hydrogen-bond donors (Lipinski definition) is 4. The van der Waals surface area contributed by atoms with Crippen LogP contribution in [-0.2, 0) is 6.54 Å². The third-order valence-electron chi connectivity index (χ3n) is 3.15. The molecule has 1 aliphatic rings. The molecule has 0 aromatic heterocycles. The van der Waals surface area contributed by atoms with Gasteiger partial charge in [0, 0.05) is 5.56 Å². The number of fused-ring (bicyclic) bond motifs is 1. The molecule has 0 unspecified atom stereocenters. The topological polar surface area (TPSA) is 95.8 Å². The SMILES string of the molecule is OCC(CO)(CO)[NH2+]Cc1ccc2c(c1)OCO2. The molecule has 18 heavy (non-hydrogen) atoms. The summed E-state index contributed by atoms with van der Waals surface area (Å²) in [6, 6.07) is 5.57. The Morgan fingerprint density at radius 3 is 2.39 bits per heavy atom. The van der Waals surface area contributed by atoms with E-state index in [4.69, 9.17) is 9.47 Å². The van der Waals surface area contributed by atoms with Gasteiger partial charge in [-0.05, 0) is 18.2 Å². The van der Waals surface area contributed by atoms with Crippen molar-refractivity contribution in [3.05, 3.63) is 23.8 Å². The van der Waals surface area contributed by atoms with Crippen LogP contribution < -0.4 is 14.8 Å². The Balaban J connectivity index is 2.01. The summed E-state index contributed by atoms with van der Waals surface area (Å²) in [4.78, 5) is 0. The lowest BCUT2D eigenvalue weighted by Gasteiger charge is -2.25. The van der Waals surface area contributed by atoms with E-state index in [0.717, 1.165) is 11.3 Å². The molecule has 0 bridgehead atoms. The fourth-order valence-corrected chi connectivity index (χ4v) is 1.75. The normalized spacial score (nSPS) is 13.9. The van der Waals surface area contributed by atoms with Crippen LogP contribution in [0.3, 0.4) is 0 Å². The van der Waals surface area contributed by atoms with E-state index in [-0.39, 0.29) is 26.6 Å². The summed E-state index contributed by atoms with van der Waals surface area (Å²) < 4.78 is 10.5. The molecule has 0 spiro atoms. The third-order valence-corrected chi connectivity index (χ3v) is 3.15. The molecule has 0 fully saturated rings. The summed E-state index contributed by atoms with van der Waals surface area (Å²) >= 11 is 0. The second-order valence-corrected chi connectivity index (χ2v) is 4.43. The monoisotopic (exact) mass is 256 g/mol. The zero-order valence-corrected chi connectivity index (χ0v) is 10.0. The highest BCUT2D eigenvalue weighted by molar-refractivity contribution is 5.44. The molecule has 0 saturated carbocycles. The third kappa shape index (κ3) is 2.56. The van der Waals surface area contributed by atoms with Crippen molar-refractivity contribution in [3.63, 3.8) is 0 Å². The lowest BCUT2D eigenvalue weighted by Crippen LogP contribution is -2.99. The van der Waals surface area contributed by atoms with Crippen molar-refractivity contribution in [2.24, 2.45) is 0 Å². The Labute approximate surface area is 105 Å². The molecule has 1 aromatic rings. The molecule has 0 amide bonds. The van der Waals surface area contributed by atoms with E-state index in [9.17, 15) is 15.3 Å². The number of aliphatic hydroxyl groups excluding tert-OH is 3. The maximum Gasteiger partial charge on any atom is 0.231 e. The molecule has 0 aliphatic carbocycles. The first-order valence-corrected chi connectivity index (χ1v) is 5.78. The van der Waals surface area contributed by atoms with Gasteiger partial charge < -0.3 is 30.1 Å². The van der Waals surface area contributed by atoms with Crippen molar-refractivity contribution < 1.29 is 30.1 Å². The molecule has 2 rings (SSSR count). The van der Waals surface area contributed by atoms with Gasteiger partial charge in [0.05, 0.1) is 0 Å². The highest BCUT2D eigenvalue weighted by Gasteiger charge is 2.31. The maximum absolute atomic E-state index is 9.21. The smallest absolute Gasteiger partial charge is 0.231 e. The predicted octanol–water partition coefficient (Wildman–Crippen LogP) is -1.81. The minimum Gasteiger partial charge on any atom is -0.454 e. The first-order valence-electron chi connectivity index (χ1n) is 5.78. The van der Waals surface area contributed by atoms with Gasteiger partial charge in [-0.1, -0.05) is 0 Å². The molecular weight excluding hydrogens is 238 g/mol. The zero-order chi connectivity index (χ0) is 13.0. The first kappa shape index (κ1) is 13.1. The van der Waals surface area contributed by atoms with Gasteiger partial charge in [-0.3, -0.25) is 0 Å². The average molecular weight is 256 g/mol. The minimum absolute atomic E-state index is 0.232. The average Bonchev–Trinajstić information content (AvgIpc) is 2.88. The summed E-state index contributed by atoms with van der Waals surface area (Å²) in [5, 5.41) is 29.4. The van der Waals surface area contributed by atoms with Crippen molar-refractivity contribution in [2.45, 2.75) is 12.1 Å². The second kappa shape index (κ2) is 5.53. The van der Waals surface area contributed by atoms with Crippen LogP contribution in [0.1, 0.15) is 5.56 Å². The Bertz CT molecular complexity index is 397. The van der Waals surface area contributed by atoms with E-state index >= 15 is 0 Å². The van der Waals surface area contributed by atoms with Gasteiger partial charge in [0.2, 0.25) is 6.79 Å². The van der Waals surface area contributed by atoms with Gasteiger partial charge >= 0.3 is 0 Å². The first-order chi connectivity index (χ1) is 8.73. The fourth-order valence-electron chi connectivity index (χ4n) is 1.75. The lowest BCUT2D eigenvalue weighted by atomic mass is 10.0. The molecule has 1 aromatic carbocycles.